The summed E-state index contributed by atoms with van der Waals surface area (Å²) in [6, 6.07) is 0. The molecule has 82 valence electrons. The Morgan fingerprint density at radius 3 is 2.08 bits per heavy atom. The van der Waals surface area contributed by atoms with Crippen LogP contribution in [0.5, 0.6) is 0 Å². The number of ether oxygens (including phenoxy) is 1. The fourth-order valence-electron chi connectivity index (χ4n) is 0.709. The van der Waals surface area contributed by atoms with E-state index >= 15 is 0 Å². The van der Waals surface area contributed by atoms with Gasteiger partial charge in [-0.1, -0.05) is 0 Å². The Bertz CT molecular complexity index is 89.5. The second-order valence-corrected chi connectivity index (χ2v) is 2.27. The Balaban J connectivity index is 0. The van der Waals surface area contributed by atoms with Crippen LogP contribution < -0.4 is 11.5 Å². The highest BCUT2D eigenvalue weighted by Crippen LogP contribution is 2.13. The van der Waals surface area contributed by atoms with Gasteiger partial charge in [-0.15, -0.1) is 0 Å². The molecular weight excluding hydrogens is 175 g/mol. The van der Waals surface area contributed by atoms with Crippen LogP contribution in [0.15, 0.2) is 0 Å². The maximum Gasteiger partial charge on any atom is 0.0924 e. The number of aliphatic hydroxyl groups excluding tert-OH is 1. The van der Waals surface area contributed by atoms with Gasteiger partial charge in [0.05, 0.1) is 18.9 Å². The van der Waals surface area contributed by atoms with Crippen LogP contribution in [-0.2, 0) is 4.74 Å². The second kappa shape index (κ2) is 11.8. The molecule has 0 aliphatic carbocycles. The molecule has 5 heteroatoms. The van der Waals surface area contributed by atoms with Crippen molar-refractivity contribution >= 4 is 0 Å². The van der Waals surface area contributed by atoms with E-state index in [0.717, 1.165) is 13.0 Å². The van der Waals surface area contributed by atoms with E-state index in [9.17, 15) is 4.39 Å². The zero-order chi connectivity index (χ0) is 10.7. The number of hydrogen-bond acceptors (Lipinski definition) is 4. The zero-order valence-electron chi connectivity index (χ0n) is 8.37. The molecule has 5 N–H and O–H groups in total. The summed E-state index contributed by atoms with van der Waals surface area (Å²) in [7, 11) is 1.50. The Labute approximate surface area is 79.1 Å². The molecule has 4 nitrogen and oxygen atoms in total. The summed E-state index contributed by atoms with van der Waals surface area (Å²) < 4.78 is 15.2. The van der Waals surface area contributed by atoms with Crippen molar-refractivity contribution in [2.24, 2.45) is 11.5 Å². The predicted octanol–water partition coefficient (Wildman–Crippen LogP) is -0.354. The van der Waals surface area contributed by atoms with Crippen molar-refractivity contribution in [2.45, 2.75) is 25.6 Å². The summed E-state index contributed by atoms with van der Waals surface area (Å²) in [6.45, 7) is 2.30. The highest BCUT2D eigenvalue weighted by Gasteiger charge is 2.24. The second-order valence-electron chi connectivity index (χ2n) is 2.27. The average Bonchev–Trinajstić information content (AvgIpc) is 2.06. The van der Waals surface area contributed by atoms with Crippen molar-refractivity contribution < 1.29 is 14.2 Å². The van der Waals surface area contributed by atoms with Crippen molar-refractivity contribution in [1.82, 2.24) is 0 Å². The summed E-state index contributed by atoms with van der Waals surface area (Å²) in [5.41, 5.74) is 9.65. The van der Waals surface area contributed by atoms with Crippen molar-refractivity contribution in [1.29, 1.82) is 0 Å². The average molecular weight is 196 g/mol. The van der Waals surface area contributed by atoms with Gasteiger partial charge in [-0.25, -0.2) is 0 Å². The fraction of sp³-hybridized carbons (Fsp3) is 1.00. The molecule has 13 heavy (non-hydrogen) atoms. The lowest BCUT2D eigenvalue weighted by Gasteiger charge is -2.29. The molecule has 0 aromatic rings. The van der Waals surface area contributed by atoms with Gasteiger partial charge >= 0.3 is 0 Å². The van der Waals surface area contributed by atoms with Gasteiger partial charge in [-0.05, 0) is 20.4 Å². The first kappa shape index (κ1) is 15.3. The van der Waals surface area contributed by atoms with E-state index in [1.807, 2.05) is 0 Å². The largest absolute Gasteiger partial charge is 0.389 e. The maximum absolute atomic E-state index is 10.3. The van der Waals surface area contributed by atoms with Crippen LogP contribution in [0.1, 0.15) is 13.3 Å². The molecule has 2 atom stereocenters. The Morgan fingerprint density at radius 1 is 1.62 bits per heavy atom. The molecule has 0 spiro atoms. The lowest BCUT2D eigenvalue weighted by molar-refractivity contribution is -0.112. The predicted molar refractivity (Wildman–Crippen MR) is 51.2 cm³/mol. The molecule has 1 fully saturated rings. The molecule has 1 rings (SSSR count). The van der Waals surface area contributed by atoms with E-state index in [2.05, 4.69) is 5.73 Å². The molecule has 0 radical (unpaired) electrons. The topological polar surface area (TPSA) is 81.5 Å². The van der Waals surface area contributed by atoms with Gasteiger partial charge in [0.25, 0.3) is 0 Å². The van der Waals surface area contributed by atoms with Gasteiger partial charge in [-0.3, -0.25) is 4.39 Å². The minimum atomic E-state index is -0.441. The minimum Gasteiger partial charge on any atom is -0.389 e. The molecule has 1 aliphatic heterocycles. The van der Waals surface area contributed by atoms with Crippen molar-refractivity contribution in [2.75, 3.05) is 26.9 Å². The van der Waals surface area contributed by atoms with Crippen LogP contribution >= 0.6 is 0 Å². The molecule has 0 aromatic heterocycles. The summed E-state index contributed by atoms with van der Waals surface area (Å²) in [5, 5.41) is 8.93. The van der Waals surface area contributed by atoms with E-state index in [1.165, 1.54) is 14.0 Å². The minimum absolute atomic E-state index is 0.0278. The van der Waals surface area contributed by atoms with Crippen LogP contribution in [0.25, 0.3) is 0 Å². The van der Waals surface area contributed by atoms with Crippen LogP contribution in [0, 0.1) is 0 Å². The quantitative estimate of drug-likeness (QED) is 0.563. The Hall–Kier alpha value is -0.230. The molecular formula is C8H21FN2O2. The van der Waals surface area contributed by atoms with E-state index in [0.29, 0.717) is 6.54 Å². The van der Waals surface area contributed by atoms with Gasteiger partial charge < -0.3 is 21.3 Å². The molecule has 0 bridgehead atoms. The smallest absolute Gasteiger partial charge is 0.0924 e. The molecule has 1 heterocycles. The number of aliphatic hydroxyl groups is 1. The van der Waals surface area contributed by atoms with Gasteiger partial charge in [0, 0.05) is 13.2 Å². The van der Waals surface area contributed by atoms with Crippen LogP contribution in [0.4, 0.5) is 4.39 Å². The van der Waals surface area contributed by atoms with Crippen LogP contribution in [-0.4, -0.2) is 44.2 Å². The summed E-state index contributed by atoms with van der Waals surface area (Å²) in [5.74, 6) is 0. The van der Waals surface area contributed by atoms with Gasteiger partial charge in [0.2, 0.25) is 0 Å². The highest BCUT2D eigenvalue weighted by molar-refractivity contribution is 4.75. The van der Waals surface area contributed by atoms with Gasteiger partial charge in [-0.2, -0.15) is 0 Å². The molecule has 0 saturated carbocycles. The summed E-state index contributed by atoms with van der Waals surface area (Å²) >= 11 is 0. The summed E-state index contributed by atoms with van der Waals surface area (Å²) in [4.78, 5) is 0. The third-order valence-corrected chi connectivity index (χ3v) is 1.40. The van der Waals surface area contributed by atoms with E-state index in [-0.39, 0.29) is 12.8 Å². The number of rotatable bonds is 2. The molecule has 2 unspecified atom stereocenters. The number of halogens is 1. The third-order valence-electron chi connectivity index (χ3n) is 1.40. The summed E-state index contributed by atoms with van der Waals surface area (Å²) in [6.07, 6.45) is 0.544. The fourth-order valence-corrected chi connectivity index (χ4v) is 0.709. The first-order valence-electron chi connectivity index (χ1n) is 4.39. The van der Waals surface area contributed by atoms with Crippen molar-refractivity contribution in [3.8, 4) is 0 Å². The highest BCUT2D eigenvalue weighted by atomic mass is 19.1. The van der Waals surface area contributed by atoms with Crippen molar-refractivity contribution in [3.05, 3.63) is 0 Å². The lowest BCUT2D eigenvalue weighted by Crippen LogP contribution is -2.42. The third kappa shape index (κ3) is 8.11. The van der Waals surface area contributed by atoms with Crippen molar-refractivity contribution in [3.63, 3.8) is 0 Å². The monoisotopic (exact) mass is 196 g/mol. The Morgan fingerprint density at radius 2 is 2.00 bits per heavy atom. The number of hydrogen-bond donors (Lipinski definition) is 3. The maximum atomic E-state index is 10.3. The normalized spacial score (nSPS) is 21.2. The zero-order valence-corrected chi connectivity index (χ0v) is 8.37. The van der Waals surface area contributed by atoms with E-state index in [1.54, 1.807) is 0 Å². The molecule has 0 amide bonds. The van der Waals surface area contributed by atoms with Gasteiger partial charge in [0.15, 0.2) is 0 Å². The van der Waals surface area contributed by atoms with Crippen LogP contribution in [0.3, 0.4) is 0 Å². The van der Waals surface area contributed by atoms with Gasteiger partial charge in [0.1, 0.15) is 0 Å². The molecule has 1 saturated heterocycles. The Kier molecular flexibility index (Phi) is 13.8. The lowest BCUT2D eigenvalue weighted by atomic mass is 10.1. The van der Waals surface area contributed by atoms with Crippen LogP contribution in [0.2, 0.25) is 0 Å². The number of alkyl halides is 1. The first-order chi connectivity index (χ1) is 6.26. The molecule has 1 aliphatic rings. The standard InChI is InChI=1S/C5H11NO2.C2H5F.CH5N/c6-3-4(7)5-1-2-8-5;1-2-3;1-2/h4-5,7H,1-3,6H2;2H2,1H3;2H2,1H3. The first-order valence-corrected chi connectivity index (χ1v) is 4.39. The van der Waals surface area contributed by atoms with E-state index in [4.69, 9.17) is 15.6 Å². The number of nitrogens with two attached hydrogens (primary N) is 2. The van der Waals surface area contributed by atoms with E-state index < -0.39 is 6.10 Å². The SMILES string of the molecule is CCF.CN.NCC(O)C1CCO1. The molecule has 0 aromatic carbocycles.